The summed E-state index contributed by atoms with van der Waals surface area (Å²) in [5.74, 6) is -1.61. The van der Waals surface area contributed by atoms with Crippen LogP contribution in [0.4, 0.5) is 23.4 Å². The number of methoxy groups -OCH3 is 1. The van der Waals surface area contributed by atoms with Gasteiger partial charge in [-0.3, -0.25) is 15.2 Å². The second-order valence-corrected chi connectivity index (χ2v) is 5.99. The van der Waals surface area contributed by atoms with Crippen LogP contribution in [0, 0.1) is 12.7 Å². The van der Waals surface area contributed by atoms with Crippen LogP contribution in [0.1, 0.15) is 28.5 Å². The van der Waals surface area contributed by atoms with Gasteiger partial charge >= 0.3 is 6.18 Å². The molecule has 0 radical (unpaired) electrons. The van der Waals surface area contributed by atoms with Crippen LogP contribution in [0.25, 0.3) is 0 Å². The zero-order chi connectivity index (χ0) is 20.9. The van der Waals surface area contributed by atoms with Crippen molar-refractivity contribution < 1.29 is 27.1 Å². The standard InChI is InChI=1S/C17H19F4N5O2/c1-9-4-5-11(6-12(9)18)15(27)24-16(22-10(2)8-28-3)23-14-7-13(25-26-14)17(19,20)21/h4-7,10H,8H2,1-3H3,(H3,22,23,24,25,26,27)/t10-/m0/s1. The van der Waals surface area contributed by atoms with Gasteiger partial charge in [0.1, 0.15) is 11.5 Å². The molecule has 1 aromatic carbocycles. The van der Waals surface area contributed by atoms with Crippen molar-refractivity contribution in [2.75, 3.05) is 19.0 Å². The molecule has 3 N–H and O–H groups in total. The number of carbonyl (C=O) groups excluding carboxylic acids is 1. The minimum Gasteiger partial charge on any atom is -0.382 e. The number of hydrogen-bond acceptors (Lipinski definition) is 4. The van der Waals surface area contributed by atoms with Gasteiger partial charge in [0.25, 0.3) is 5.91 Å². The summed E-state index contributed by atoms with van der Waals surface area (Å²) in [6.07, 6.45) is -4.60. The number of aryl methyl sites for hydroxylation is 1. The monoisotopic (exact) mass is 401 g/mol. The third kappa shape index (κ3) is 5.78. The predicted molar refractivity (Wildman–Crippen MR) is 94.6 cm³/mol. The number of rotatable bonds is 5. The number of alkyl halides is 3. The second-order valence-electron chi connectivity index (χ2n) is 5.99. The van der Waals surface area contributed by atoms with Crippen molar-refractivity contribution >= 4 is 17.7 Å². The number of aliphatic imine (C=N–C) groups is 1. The summed E-state index contributed by atoms with van der Waals surface area (Å²) in [5, 5.41) is 10.3. The molecule has 7 nitrogen and oxygen atoms in total. The van der Waals surface area contributed by atoms with Gasteiger partial charge in [-0.15, -0.1) is 0 Å². The molecule has 1 aromatic heterocycles. The Hall–Kier alpha value is -2.95. The van der Waals surface area contributed by atoms with Gasteiger partial charge in [0.05, 0.1) is 12.6 Å². The summed E-state index contributed by atoms with van der Waals surface area (Å²) in [6.45, 7) is 3.43. The van der Waals surface area contributed by atoms with Gasteiger partial charge < -0.3 is 10.1 Å². The lowest BCUT2D eigenvalue weighted by Crippen LogP contribution is -2.37. The van der Waals surface area contributed by atoms with Gasteiger partial charge in [-0.05, 0) is 31.5 Å². The van der Waals surface area contributed by atoms with E-state index in [1.54, 1.807) is 13.8 Å². The first-order valence-corrected chi connectivity index (χ1v) is 8.14. The molecule has 2 aromatic rings. The summed E-state index contributed by atoms with van der Waals surface area (Å²) < 4.78 is 56.7. The number of amides is 1. The number of halogens is 4. The number of carbonyl (C=O) groups is 1. The quantitative estimate of drug-likeness (QED) is 0.408. The third-order valence-corrected chi connectivity index (χ3v) is 3.55. The highest BCUT2D eigenvalue weighted by Gasteiger charge is 2.33. The van der Waals surface area contributed by atoms with Gasteiger partial charge in [-0.2, -0.15) is 18.3 Å². The van der Waals surface area contributed by atoms with Crippen molar-refractivity contribution in [1.29, 1.82) is 0 Å². The van der Waals surface area contributed by atoms with Crippen molar-refractivity contribution in [3.63, 3.8) is 0 Å². The summed E-state index contributed by atoms with van der Waals surface area (Å²) in [5.41, 5.74) is -0.672. The highest BCUT2D eigenvalue weighted by Crippen LogP contribution is 2.28. The maximum atomic E-state index is 13.7. The molecular formula is C17H19F4N5O2. The van der Waals surface area contributed by atoms with Gasteiger partial charge in [0.2, 0.25) is 5.96 Å². The number of nitrogens with zero attached hydrogens (tertiary/aromatic N) is 2. The zero-order valence-corrected chi connectivity index (χ0v) is 15.3. The van der Waals surface area contributed by atoms with Crippen LogP contribution in [0.15, 0.2) is 29.3 Å². The van der Waals surface area contributed by atoms with Crippen LogP contribution in [-0.2, 0) is 10.9 Å². The number of aromatic amines is 1. The fourth-order valence-electron chi connectivity index (χ4n) is 2.16. The number of anilines is 1. The summed E-state index contributed by atoms with van der Waals surface area (Å²) in [7, 11) is 1.45. The lowest BCUT2D eigenvalue weighted by Gasteiger charge is -2.13. The average Bonchev–Trinajstić information content (AvgIpc) is 3.06. The van der Waals surface area contributed by atoms with E-state index in [1.807, 2.05) is 5.10 Å². The van der Waals surface area contributed by atoms with E-state index in [4.69, 9.17) is 4.74 Å². The molecule has 0 unspecified atom stereocenters. The molecule has 28 heavy (non-hydrogen) atoms. The number of hydrogen-bond donors (Lipinski definition) is 3. The van der Waals surface area contributed by atoms with E-state index in [9.17, 15) is 22.4 Å². The second kappa shape index (κ2) is 8.83. The average molecular weight is 401 g/mol. The topological polar surface area (TPSA) is 91.4 Å². The lowest BCUT2D eigenvalue weighted by atomic mass is 10.1. The third-order valence-electron chi connectivity index (χ3n) is 3.55. The molecular weight excluding hydrogens is 382 g/mol. The smallest absolute Gasteiger partial charge is 0.382 e. The van der Waals surface area contributed by atoms with Gasteiger partial charge in [-0.25, -0.2) is 9.38 Å². The molecule has 0 aliphatic heterocycles. The molecule has 152 valence electrons. The van der Waals surface area contributed by atoms with Crippen LogP contribution < -0.4 is 10.6 Å². The summed E-state index contributed by atoms with van der Waals surface area (Å²) >= 11 is 0. The van der Waals surface area contributed by atoms with E-state index in [1.165, 1.54) is 19.2 Å². The first kappa shape index (κ1) is 21.4. The van der Waals surface area contributed by atoms with Crippen LogP contribution in [0.3, 0.4) is 0 Å². The van der Waals surface area contributed by atoms with Crippen LogP contribution in [0.5, 0.6) is 0 Å². The van der Waals surface area contributed by atoms with E-state index in [0.29, 0.717) is 5.56 Å². The Balaban J connectivity index is 2.22. The molecule has 2 rings (SSSR count). The van der Waals surface area contributed by atoms with Crippen molar-refractivity contribution in [1.82, 2.24) is 15.5 Å². The van der Waals surface area contributed by atoms with E-state index in [0.717, 1.165) is 12.1 Å². The first-order chi connectivity index (χ1) is 13.1. The number of benzene rings is 1. The van der Waals surface area contributed by atoms with Gasteiger partial charge in [-0.1, -0.05) is 6.07 Å². The summed E-state index contributed by atoms with van der Waals surface area (Å²) in [6, 6.07) is 4.21. The van der Waals surface area contributed by atoms with Crippen molar-refractivity contribution in [3.8, 4) is 0 Å². The first-order valence-electron chi connectivity index (χ1n) is 8.14. The molecule has 0 fully saturated rings. The van der Waals surface area contributed by atoms with Crippen molar-refractivity contribution in [2.24, 2.45) is 4.99 Å². The maximum absolute atomic E-state index is 13.7. The van der Waals surface area contributed by atoms with E-state index < -0.39 is 29.6 Å². The molecule has 0 spiro atoms. The number of H-pyrrole nitrogens is 1. The molecule has 0 saturated heterocycles. The fourth-order valence-corrected chi connectivity index (χ4v) is 2.16. The number of aromatic nitrogens is 2. The molecule has 1 amide bonds. The SMILES string of the molecule is COC[C@H](C)N=C(NC(=O)c1ccc(C)c(F)c1)Nc1cc(C(F)(F)F)[nH]n1. The van der Waals surface area contributed by atoms with E-state index >= 15 is 0 Å². The Morgan fingerprint density at radius 2 is 2.07 bits per heavy atom. The molecule has 0 aliphatic rings. The Morgan fingerprint density at radius 3 is 2.64 bits per heavy atom. The van der Waals surface area contributed by atoms with Crippen LogP contribution in [0.2, 0.25) is 0 Å². The van der Waals surface area contributed by atoms with Crippen molar-refractivity contribution in [2.45, 2.75) is 26.1 Å². The fraction of sp³-hybridized carbons (Fsp3) is 0.353. The largest absolute Gasteiger partial charge is 0.432 e. The van der Waals surface area contributed by atoms with Crippen molar-refractivity contribution in [3.05, 3.63) is 46.9 Å². The lowest BCUT2D eigenvalue weighted by molar-refractivity contribution is -0.141. The molecule has 0 saturated carbocycles. The molecule has 1 atom stereocenters. The van der Waals surface area contributed by atoms with Gasteiger partial charge in [0, 0.05) is 18.7 Å². The molecule has 0 aliphatic carbocycles. The van der Waals surface area contributed by atoms with Gasteiger partial charge in [0.15, 0.2) is 5.82 Å². The van der Waals surface area contributed by atoms with Crippen LogP contribution >= 0.6 is 0 Å². The Morgan fingerprint density at radius 1 is 1.36 bits per heavy atom. The summed E-state index contributed by atoms with van der Waals surface area (Å²) in [4.78, 5) is 16.5. The van der Waals surface area contributed by atoms with E-state index in [2.05, 4.69) is 20.7 Å². The molecule has 1 heterocycles. The molecule has 11 heteroatoms. The molecule has 0 bridgehead atoms. The zero-order valence-electron chi connectivity index (χ0n) is 15.3. The highest BCUT2D eigenvalue weighted by molar-refractivity contribution is 6.09. The number of guanidine groups is 1. The minimum absolute atomic E-state index is 0.0232. The van der Waals surface area contributed by atoms with E-state index in [-0.39, 0.29) is 23.9 Å². The number of nitrogens with one attached hydrogen (secondary N) is 3. The predicted octanol–water partition coefficient (Wildman–Crippen LogP) is 3.11. The Kier molecular flexibility index (Phi) is 6.73. The highest BCUT2D eigenvalue weighted by atomic mass is 19.4. The Labute approximate surface area is 158 Å². The van der Waals surface area contributed by atoms with Crippen LogP contribution in [-0.4, -0.2) is 41.8 Å². The normalized spacial score (nSPS) is 13.3. The Bertz CT molecular complexity index is 863. The minimum atomic E-state index is -4.60. The number of ether oxygens (including phenoxy) is 1. The maximum Gasteiger partial charge on any atom is 0.432 e.